The average molecular weight is 419 g/mol. The van der Waals surface area contributed by atoms with Crippen molar-refractivity contribution in [2.45, 2.75) is 19.4 Å². The van der Waals surface area contributed by atoms with Crippen molar-refractivity contribution in [3.8, 4) is 0 Å². The maximum atomic E-state index is 13.1. The van der Waals surface area contributed by atoms with Gasteiger partial charge in [0.15, 0.2) is 0 Å². The molecular formula is C20H22FN3O4S. The molecule has 0 spiro atoms. The SMILES string of the molecule is CS(=O)(=O)N(CC(=O)NCc1cccc(N2CCCC2=O)c1)c1ccc(F)cc1. The summed E-state index contributed by atoms with van der Waals surface area (Å²) in [6.07, 6.45) is 2.34. The Bertz CT molecular complexity index is 1010. The molecule has 0 aromatic heterocycles. The van der Waals surface area contributed by atoms with Crippen molar-refractivity contribution >= 4 is 33.2 Å². The molecule has 0 saturated carbocycles. The topological polar surface area (TPSA) is 86.8 Å². The minimum absolute atomic E-state index is 0.0780. The molecule has 1 aliphatic heterocycles. The Morgan fingerprint density at radius 1 is 1.21 bits per heavy atom. The summed E-state index contributed by atoms with van der Waals surface area (Å²) in [4.78, 5) is 26.0. The van der Waals surface area contributed by atoms with Crippen molar-refractivity contribution in [3.63, 3.8) is 0 Å². The largest absolute Gasteiger partial charge is 0.350 e. The van der Waals surface area contributed by atoms with Crippen LogP contribution in [0, 0.1) is 5.82 Å². The summed E-state index contributed by atoms with van der Waals surface area (Å²) in [5.74, 6) is -0.917. The van der Waals surface area contributed by atoms with Gasteiger partial charge in [0.1, 0.15) is 12.4 Å². The average Bonchev–Trinajstić information content (AvgIpc) is 3.11. The van der Waals surface area contributed by atoms with E-state index in [4.69, 9.17) is 0 Å². The molecule has 0 radical (unpaired) electrons. The maximum absolute atomic E-state index is 13.1. The number of hydrogen-bond acceptors (Lipinski definition) is 4. The highest BCUT2D eigenvalue weighted by atomic mass is 32.2. The van der Waals surface area contributed by atoms with E-state index < -0.39 is 28.3 Å². The van der Waals surface area contributed by atoms with Gasteiger partial charge in [-0.05, 0) is 48.4 Å². The molecule has 1 aliphatic rings. The second-order valence-electron chi connectivity index (χ2n) is 6.84. The summed E-state index contributed by atoms with van der Waals surface area (Å²) < 4.78 is 38.2. The number of nitrogens with one attached hydrogen (secondary N) is 1. The molecule has 29 heavy (non-hydrogen) atoms. The minimum Gasteiger partial charge on any atom is -0.350 e. The molecular weight excluding hydrogens is 397 g/mol. The summed E-state index contributed by atoms with van der Waals surface area (Å²) in [7, 11) is -3.73. The molecule has 2 amide bonds. The highest BCUT2D eigenvalue weighted by molar-refractivity contribution is 7.92. The Morgan fingerprint density at radius 2 is 1.93 bits per heavy atom. The number of carbonyl (C=O) groups excluding carboxylic acids is 2. The molecule has 1 N–H and O–H groups in total. The normalized spacial score (nSPS) is 14.1. The highest BCUT2D eigenvalue weighted by Crippen LogP contribution is 2.22. The van der Waals surface area contributed by atoms with Gasteiger partial charge in [-0.1, -0.05) is 12.1 Å². The van der Waals surface area contributed by atoms with E-state index in [-0.39, 0.29) is 18.1 Å². The fourth-order valence-corrected chi connectivity index (χ4v) is 4.01. The van der Waals surface area contributed by atoms with Gasteiger partial charge in [0.05, 0.1) is 11.9 Å². The van der Waals surface area contributed by atoms with E-state index in [0.29, 0.717) is 13.0 Å². The number of carbonyl (C=O) groups is 2. The molecule has 0 atom stereocenters. The van der Waals surface area contributed by atoms with Crippen LogP contribution in [0.1, 0.15) is 18.4 Å². The number of anilines is 2. The van der Waals surface area contributed by atoms with Gasteiger partial charge in [-0.2, -0.15) is 0 Å². The maximum Gasteiger partial charge on any atom is 0.241 e. The molecule has 1 fully saturated rings. The Labute approximate surface area is 169 Å². The van der Waals surface area contributed by atoms with Gasteiger partial charge in [-0.15, -0.1) is 0 Å². The monoisotopic (exact) mass is 419 g/mol. The molecule has 0 aliphatic carbocycles. The van der Waals surface area contributed by atoms with Gasteiger partial charge in [-0.3, -0.25) is 13.9 Å². The molecule has 2 aromatic carbocycles. The quantitative estimate of drug-likeness (QED) is 0.744. The molecule has 0 bridgehead atoms. The predicted octanol–water partition coefficient (Wildman–Crippen LogP) is 2.03. The number of amides is 2. The van der Waals surface area contributed by atoms with E-state index in [0.717, 1.165) is 40.4 Å². The summed E-state index contributed by atoms with van der Waals surface area (Å²) in [5.41, 5.74) is 1.78. The molecule has 3 rings (SSSR count). The lowest BCUT2D eigenvalue weighted by molar-refractivity contribution is -0.120. The van der Waals surface area contributed by atoms with E-state index in [1.807, 2.05) is 24.3 Å². The van der Waals surface area contributed by atoms with E-state index in [9.17, 15) is 22.4 Å². The van der Waals surface area contributed by atoms with Crippen LogP contribution in [0.3, 0.4) is 0 Å². The van der Waals surface area contributed by atoms with Crippen LogP contribution in [-0.2, 0) is 26.2 Å². The lowest BCUT2D eigenvalue weighted by Crippen LogP contribution is -2.40. The fraction of sp³-hybridized carbons (Fsp3) is 0.300. The van der Waals surface area contributed by atoms with Crippen LogP contribution in [0.4, 0.5) is 15.8 Å². The third-order valence-electron chi connectivity index (χ3n) is 4.59. The van der Waals surface area contributed by atoms with Crippen molar-refractivity contribution in [3.05, 3.63) is 59.9 Å². The molecule has 1 heterocycles. The highest BCUT2D eigenvalue weighted by Gasteiger charge is 2.22. The van der Waals surface area contributed by atoms with Crippen LogP contribution in [0.25, 0.3) is 0 Å². The lowest BCUT2D eigenvalue weighted by Gasteiger charge is -2.22. The zero-order valence-electron chi connectivity index (χ0n) is 16.0. The Hall–Kier alpha value is -2.94. The molecule has 2 aromatic rings. The first kappa shape index (κ1) is 20.8. The first-order valence-corrected chi connectivity index (χ1v) is 11.0. The number of benzene rings is 2. The van der Waals surface area contributed by atoms with Crippen LogP contribution in [0.2, 0.25) is 0 Å². The summed E-state index contributed by atoms with van der Waals surface area (Å²) >= 11 is 0. The van der Waals surface area contributed by atoms with Gasteiger partial charge in [0, 0.05) is 25.2 Å². The van der Waals surface area contributed by atoms with Crippen LogP contribution < -0.4 is 14.5 Å². The zero-order valence-corrected chi connectivity index (χ0v) is 16.8. The van der Waals surface area contributed by atoms with E-state index >= 15 is 0 Å². The fourth-order valence-electron chi connectivity index (χ4n) is 3.15. The van der Waals surface area contributed by atoms with E-state index in [1.54, 1.807) is 4.90 Å². The lowest BCUT2D eigenvalue weighted by atomic mass is 10.2. The molecule has 9 heteroatoms. The van der Waals surface area contributed by atoms with Gasteiger partial charge < -0.3 is 10.2 Å². The van der Waals surface area contributed by atoms with Crippen LogP contribution >= 0.6 is 0 Å². The number of hydrogen-bond donors (Lipinski definition) is 1. The van der Waals surface area contributed by atoms with Gasteiger partial charge >= 0.3 is 0 Å². The van der Waals surface area contributed by atoms with Crippen molar-refractivity contribution in [2.24, 2.45) is 0 Å². The summed E-state index contributed by atoms with van der Waals surface area (Å²) in [6, 6.07) is 12.2. The van der Waals surface area contributed by atoms with Gasteiger partial charge in [-0.25, -0.2) is 12.8 Å². The van der Waals surface area contributed by atoms with E-state index in [2.05, 4.69) is 5.32 Å². The van der Waals surface area contributed by atoms with Crippen molar-refractivity contribution in [1.29, 1.82) is 0 Å². The summed E-state index contributed by atoms with van der Waals surface area (Å²) in [5, 5.41) is 2.69. The van der Waals surface area contributed by atoms with Crippen LogP contribution in [0.15, 0.2) is 48.5 Å². The Morgan fingerprint density at radius 3 is 2.55 bits per heavy atom. The smallest absolute Gasteiger partial charge is 0.241 e. The van der Waals surface area contributed by atoms with Gasteiger partial charge in [0.2, 0.25) is 21.8 Å². The Kier molecular flexibility index (Phi) is 6.17. The van der Waals surface area contributed by atoms with Gasteiger partial charge in [0.25, 0.3) is 0 Å². The summed E-state index contributed by atoms with van der Waals surface area (Å²) in [6.45, 7) is 0.445. The second-order valence-corrected chi connectivity index (χ2v) is 8.75. The molecule has 154 valence electrons. The third kappa shape index (κ3) is 5.32. The zero-order chi connectivity index (χ0) is 21.0. The number of sulfonamides is 1. The molecule has 0 unspecified atom stereocenters. The first-order chi connectivity index (χ1) is 13.7. The van der Waals surface area contributed by atoms with Crippen LogP contribution in [0.5, 0.6) is 0 Å². The predicted molar refractivity (Wildman–Crippen MR) is 108 cm³/mol. The van der Waals surface area contributed by atoms with Crippen LogP contribution in [-0.4, -0.2) is 39.6 Å². The number of nitrogens with zero attached hydrogens (tertiary/aromatic N) is 2. The third-order valence-corrected chi connectivity index (χ3v) is 5.73. The number of rotatable bonds is 7. The standard InChI is InChI=1S/C20H22FN3O4S/c1-29(27,28)24(17-9-7-16(21)8-10-17)14-19(25)22-13-15-4-2-5-18(12-15)23-11-3-6-20(23)26/h2,4-5,7-10,12H,3,6,11,13-14H2,1H3,(H,22,25). The minimum atomic E-state index is -3.73. The van der Waals surface area contributed by atoms with Crippen molar-refractivity contribution < 1.29 is 22.4 Å². The number of halogens is 1. The molecule has 1 saturated heterocycles. The van der Waals surface area contributed by atoms with Crippen molar-refractivity contribution in [2.75, 3.05) is 28.6 Å². The van der Waals surface area contributed by atoms with E-state index in [1.165, 1.54) is 12.1 Å². The molecule has 7 nitrogen and oxygen atoms in total. The second kappa shape index (κ2) is 8.60. The van der Waals surface area contributed by atoms with Crippen molar-refractivity contribution in [1.82, 2.24) is 5.32 Å². The first-order valence-electron chi connectivity index (χ1n) is 9.13. The Balaban J connectivity index is 1.65.